The minimum Gasteiger partial charge on any atom is -0.479 e. The molecule has 0 spiro atoms. The average Bonchev–Trinajstić information content (AvgIpc) is 2.38. The number of carboxylic acid groups (broad SMARTS) is 1. The summed E-state index contributed by atoms with van der Waals surface area (Å²) in [4.78, 5) is 21.9. The van der Waals surface area contributed by atoms with Crippen molar-refractivity contribution in [3.8, 4) is 5.75 Å². The second-order valence-corrected chi connectivity index (χ2v) is 4.10. The highest BCUT2D eigenvalue weighted by atomic mass is 16.5. The predicted octanol–water partition coefficient (Wildman–Crippen LogP) is 2.91. The van der Waals surface area contributed by atoms with E-state index in [1.807, 2.05) is 0 Å². The van der Waals surface area contributed by atoms with Crippen molar-refractivity contribution < 1.29 is 19.4 Å². The number of carboxylic acids is 1. The van der Waals surface area contributed by atoms with Gasteiger partial charge >= 0.3 is 5.97 Å². The van der Waals surface area contributed by atoms with Crippen LogP contribution in [0.3, 0.4) is 0 Å². The van der Waals surface area contributed by atoms with E-state index < -0.39 is 12.1 Å². The Morgan fingerprint density at radius 1 is 1.39 bits per heavy atom. The smallest absolute Gasteiger partial charge is 0.344 e. The van der Waals surface area contributed by atoms with Crippen LogP contribution in [0.4, 0.5) is 0 Å². The first kappa shape index (κ1) is 14.2. The van der Waals surface area contributed by atoms with Gasteiger partial charge < -0.3 is 9.84 Å². The van der Waals surface area contributed by atoms with Gasteiger partial charge in [0.05, 0.1) is 5.56 Å². The van der Waals surface area contributed by atoms with E-state index in [1.165, 1.54) is 0 Å². The van der Waals surface area contributed by atoms with Crippen molar-refractivity contribution in [2.75, 3.05) is 0 Å². The number of carbonyl (C=O) groups excluding carboxylic acids is 1. The number of hydrogen-bond donors (Lipinski definition) is 1. The van der Waals surface area contributed by atoms with Gasteiger partial charge in [-0.15, -0.1) is 0 Å². The van der Waals surface area contributed by atoms with E-state index in [0.717, 1.165) is 19.3 Å². The normalized spacial score (nSPS) is 11.8. The van der Waals surface area contributed by atoms with Gasteiger partial charge in [-0.2, -0.15) is 0 Å². The molecule has 0 bridgehead atoms. The molecule has 1 aromatic carbocycles. The Kier molecular flexibility index (Phi) is 5.91. The van der Waals surface area contributed by atoms with Gasteiger partial charge in [-0.3, -0.25) is 4.79 Å². The molecule has 4 heteroatoms. The minimum atomic E-state index is -0.994. The first-order valence-corrected chi connectivity index (χ1v) is 6.12. The monoisotopic (exact) mass is 250 g/mol. The van der Waals surface area contributed by atoms with Crippen LogP contribution >= 0.6 is 0 Å². The molecule has 0 aliphatic rings. The number of unbranched alkanes of at least 4 members (excludes halogenated alkanes) is 2. The van der Waals surface area contributed by atoms with Crippen LogP contribution in [-0.2, 0) is 4.79 Å². The third-order valence-corrected chi connectivity index (χ3v) is 2.66. The van der Waals surface area contributed by atoms with E-state index in [2.05, 4.69) is 6.92 Å². The summed E-state index contributed by atoms with van der Waals surface area (Å²) < 4.78 is 5.41. The van der Waals surface area contributed by atoms with E-state index >= 15 is 0 Å². The zero-order valence-corrected chi connectivity index (χ0v) is 10.5. The average molecular weight is 250 g/mol. The van der Waals surface area contributed by atoms with Crippen molar-refractivity contribution in [1.82, 2.24) is 0 Å². The fraction of sp³-hybridized carbons (Fsp3) is 0.429. The maximum atomic E-state index is 11.1. The van der Waals surface area contributed by atoms with Crippen molar-refractivity contribution in [2.24, 2.45) is 0 Å². The van der Waals surface area contributed by atoms with Crippen LogP contribution in [0.25, 0.3) is 0 Å². The maximum Gasteiger partial charge on any atom is 0.344 e. The second kappa shape index (κ2) is 7.48. The van der Waals surface area contributed by atoms with Crippen LogP contribution in [0.1, 0.15) is 43.0 Å². The number of aldehydes is 1. The van der Waals surface area contributed by atoms with E-state index in [1.54, 1.807) is 24.3 Å². The van der Waals surface area contributed by atoms with Gasteiger partial charge in [0.25, 0.3) is 0 Å². The fourth-order valence-corrected chi connectivity index (χ4v) is 1.65. The molecule has 4 nitrogen and oxygen atoms in total. The summed E-state index contributed by atoms with van der Waals surface area (Å²) in [7, 11) is 0. The molecule has 1 rings (SSSR count). The quantitative estimate of drug-likeness (QED) is 0.569. The molecule has 0 amide bonds. The Morgan fingerprint density at radius 3 is 2.72 bits per heavy atom. The third-order valence-electron chi connectivity index (χ3n) is 2.66. The molecule has 0 aromatic heterocycles. The van der Waals surface area contributed by atoms with Crippen molar-refractivity contribution in [2.45, 2.75) is 38.7 Å². The van der Waals surface area contributed by atoms with Crippen LogP contribution < -0.4 is 4.74 Å². The first-order chi connectivity index (χ1) is 8.69. The SMILES string of the molecule is CCCCCC(Oc1ccccc1C=O)C(=O)O. The second-order valence-electron chi connectivity index (χ2n) is 4.10. The minimum absolute atomic E-state index is 0.330. The molecular weight excluding hydrogens is 232 g/mol. The van der Waals surface area contributed by atoms with E-state index in [-0.39, 0.29) is 0 Å². The zero-order valence-electron chi connectivity index (χ0n) is 10.5. The van der Waals surface area contributed by atoms with E-state index in [9.17, 15) is 9.59 Å². The van der Waals surface area contributed by atoms with Crippen LogP contribution in [0.2, 0.25) is 0 Å². The van der Waals surface area contributed by atoms with Crippen molar-refractivity contribution in [3.05, 3.63) is 29.8 Å². The summed E-state index contributed by atoms with van der Waals surface area (Å²) in [5.74, 6) is -0.664. The molecule has 98 valence electrons. The highest BCUT2D eigenvalue weighted by molar-refractivity contribution is 5.80. The number of benzene rings is 1. The molecule has 1 aromatic rings. The molecule has 0 saturated heterocycles. The molecule has 0 fully saturated rings. The van der Waals surface area contributed by atoms with E-state index in [4.69, 9.17) is 9.84 Å². The Hall–Kier alpha value is -1.84. The molecular formula is C14H18O4. The molecule has 1 atom stereocenters. The third kappa shape index (κ3) is 4.20. The highest BCUT2D eigenvalue weighted by Crippen LogP contribution is 2.19. The summed E-state index contributed by atoms with van der Waals surface area (Å²) in [6.07, 6.45) is 3.03. The lowest BCUT2D eigenvalue weighted by atomic mass is 10.1. The number of aliphatic carboxylic acids is 1. The number of carbonyl (C=O) groups is 2. The largest absolute Gasteiger partial charge is 0.479 e. The Labute approximate surface area is 107 Å². The van der Waals surface area contributed by atoms with Gasteiger partial charge in [0.15, 0.2) is 12.4 Å². The van der Waals surface area contributed by atoms with Crippen molar-refractivity contribution >= 4 is 12.3 Å². The fourth-order valence-electron chi connectivity index (χ4n) is 1.65. The number of ether oxygens (including phenoxy) is 1. The topological polar surface area (TPSA) is 63.6 Å². The van der Waals surface area contributed by atoms with Gasteiger partial charge in [0.2, 0.25) is 0 Å². The summed E-state index contributed by atoms with van der Waals surface area (Å²) in [5.41, 5.74) is 0.374. The number of para-hydroxylation sites is 1. The van der Waals surface area contributed by atoms with Gasteiger partial charge in [-0.1, -0.05) is 31.9 Å². The van der Waals surface area contributed by atoms with Gasteiger partial charge in [-0.05, 0) is 25.0 Å². The summed E-state index contributed by atoms with van der Waals surface area (Å²) in [6, 6.07) is 6.64. The first-order valence-electron chi connectivity index (χ1n) is 6.12. The molecule has 0 aliphatic carbocycles. The van der Waals surface area contributed by atoms with Crippen LogP contribution in [-0.4, -0.2) is 23.5 Å². The molecule has 0 radical (unpaired) electrons. The van der Waals surface area contributed by atoms with Gasteiger partial charge in [-0.25, -0.2) is 4.79 Å². The highest BCUT2D eigenvalue weighted by Gasteiger charge is 2.19. The Bertz CT molecular complexity index is 401. The van der Waals surface area contributed by atoms with Gasteiger partial charge in [0.1, 0.15) is 5.75 Å². The molecule has 1 N–H and O–H groups in total. The lowest BCUT2D eigenvalue weighted by Gasteiger charge is -2.16. The lowest BCUT2D eigenvalue weighted by Crippen LogP contribution is -2.27. The number of hydrogen-bond acceptors (Lipinski definition) is 3. The predicted molar refractivity (Wildman–Crippen MR) is 68.0 cm³/mol. The number of rotatable bonds is 8. The molecule has 18 heavy (non-hydrogen) atoms. The standard InChI is InChI=1S/C14H18O4/c1-2-3-4-9-13(14(16)17)18-12-8-6-5-7-11(12)10-15/h5-8,10,13H,2-4,9H2,1H3,(H,16,17). The molecule has 1 unspecified atom stereocenters. The molecule has 0 aliphatic heterocycles. The van der Waals surface area contributed by atoms with Crippen LogP contribution in [0.5, 0.6) is 5.75 Å². The summed E-state index contributed by atoms with van der Waals surface area (Å²) in [5, 5.41) is 9.08. The summed E-state index contributed by atoms with van der Waals surface area (Å²) in [6.45, 7) is 2.05. The Morgan fingerprint density at radius 2 is 2.11 bits per heavy atom. The molecule has 0 heterocycles. The van der Waals surface area contributed by atoms with Crippen molar-refractivity contribution in [1.29, 1.82) is 0 Å². The summed E-state index contributed by atoms with van der Waals surface area (Å²) >= 11 is 0. The zero-order chi connectivity index (χ0) is 13.4. The maximum absolute atomic E-state index is 11.1. The lowest BCUT2D eigenvalue weighted by molar-refractivity contribution is -0.145. The van der Waals surface area contributed by atoms with Crippen LogP contribution in [0, 0.1) is 0 Å². The molecule has 0 saturated carbocycles. The van der Waals surface area contributed by atoms with Gasteiger partial charge in [0, 0.05) is 0 Å². The van der Waals surface area contributed by atoms with E-state index in [0.29, 0.717) is 24.0 Å². The Balaban J connectivity index is 2.70. The van der Waals surface area contributed by atoms with Crippen molar-refractivity contribution in [3.63, 3.8) is 0 Å². The van der Waals surface area contributed by atoms with Crippen LogP contribution in [0.15, 0.2) is 24.3 Å².